The summed E-state index contributed by atoms with van der Waals surface area (Å²) in [7, 11) is 0. The summed E-state index contributed by atoms with van der Waals surface area (Å²) in [6.45, 7) is 4.10. The molecule has 2 fully saturated rings. The minimum Gasteiger partial charge on any atom is -0.466 e. The van der Waals surface area contributed by atoms with Gasteiger partial charge in [0.1, 0.15) is 5.54 Å². The molecule has 2 bridgehead atoms. The molecule has 2 aliphatic rings. The van der Waals surface area contributed by atoms with E-state index in [-0.39, 0.29) is 24.4 Å². The Morgan fingerprint density at radius 3 is 2.50 bits per heavy atom. The zero-order chi connectivity index (χ0) is 13.3. The topological polar surface area (TPSA) is 78.6 Å². The number of rotatable bonds is 4. The Bertz CT molecular complexity index is 357. The molecule has 2 saturated carbocycles. The summed E-state index contributed by atoms with van der Waals surface area (Å²) < 4.78 is 10.1. The van der Waals surface area contributed by atoms with Gasteiger partial charge in [-0.15, -0.1) is 0 Å². The summed E-state index contributed by atoms with van der Waals surface area (Å²) in [5.74, 6) is -1.11. The third-order valence-corrected chi connectivity index (χ3v) is 4.30. The minimum atomic E-state index is -1.18. The van der Waals surface area contributed by atoms with Crippen molar-refractivity contribution in [3.8, 4) is 0 Å². The van der Waals surface area contributed by atoms with Crippen LogP contribution in [0.5, 0.6) is 0 Å². The van der Waals surface area contributed by atoms with E-state index in [0.717, 1.165) is 19.3 Å². The second-order valence-electron chi connectivity index (χ2n) is 5.15. The van der Waals surface area contributed by atoms with Gasteiger partial charge in [-0.1, -0.05) is 0 Å². The molecular weight excluding hydrogens is 234 g/mol. The van der Waals surface area contributed by atoms with Crippen molar-refractivity contribution in [1.29, 1.82) is 0 Å². The number of ether oxygens (including phenoxy) is 2. The van der Waals surface area contributed by atoms with Crippen LogP contribution in [0.3, 0.4) is 0 Å². The molecule has 5 nitrogen and oxygen atoms in total. The molecule has 0 spiro atoms. The van der Waals surface area contributed by atoms with Crippen molar-refractivity contribution in [3.05, 3.63) is 0 Å². The fourth-order valence-electron chi connectivity index (χ4n) is 3.57. The summed E-state index contributed by atoms with van der Waals surface area (Å²) in [4.78, 5) is 24.2. The third-order valence-electron chi connectivity index (χ3n) is 4.30. The van der Waals surface area contributed by atoms with Crippen LogP contribution in [-0.4, -0.2) is 30.7 Å². The number of carbonyl (C=O) groups is 2. The lowest BCUT2D eigenvalue weighted by molar-refractivity contribution is -0.165. The molecule has 2 N–H and O–H groups in total. The van der Waals surface area contributed by atoms with E-state index >= 15 is 0 Å². The monoisotopic (exact) mass is 255 g/mol. The molecule has 0 aliphatic heterocycles. The van der Waals surface area contributed by atoms with Crippen molar-refractivity contribution in [1.82, 2.24) is 0 Å². The van der Waals surface area contributed by atoms with Gasteiger partial charge in [-0.05, 0) is 44.9 Å². The van der Waals surface area contributed by atoms with E-state index in [2.05, 4.69) is 0 Å². The molecule has 0 heterocycles. The van der Waals surface area contributed by atoms with Gasteiger partial charge < -0.3 is 15.2 Å². The number of esters is 2. The van der Waals surface area contributed by atoms with E-state index in [1.54, 1.807) is 13.8 Å². The molecular formula is C13H21NO4. The SMILES string of the molecule is CCOC(=O)[C@@H]1C2CCC(C2)[C@]1(N)C(=O)OCC. The summed E-state index contributed by atoms with van der Waals surface area (Å²) in [5.41, 5.74) is 5.10. The van der Waals surface area contributed by atoms with Gasteiger partial charge in [0.05, 0.1) is 19.1 Å². The van der Waals surface area contributed by atoms with Gasteiger partial charge >= 0.3 is 11.9 Å². The van der Waals surface area contributed by atoms with E-state index < -0.39 is 17.4 Å². The van der Waals surface area contributed by atoms with Crippen molar-refractivity contribution >= 4 is 11.9 Å². The van der Waals surface area contributed by atoms with Gasteiger partial charge in [0, 0.05) is 0 Å². The smallest absolute Gasteiger partial charge is 0.327 e. The Balaban J connectivity index is 2.25. The fraction of sp³-hybridized carbons (Fsp3) is 0.846. The lowest BCUT2D eigenvalue weighted by Gasteiger charge is -2.36. The molecule has 5 heteroatoms. The molecule has 0 aromatic carbocycles. The first-order valence-electron chi connectivity index (χ1n) is 6.68. The first kappa shape index (κ1) is 13.3. The standard InChI is InChI=1S/C13H21NO4/c1-3-17-11(15)10-8-5-6-9(7-8)13(10,14)12(16)18-4-2/h8-10H,3-7,14H2,1-2H3/t8?,9?,10-,13+/m0/s1. The Morgan fingerprint density at radius 2 is 1.89 bits per heavy atom. The highest BCUT2D eigenvalue weighted by atomic mass is 16.5. The van der Waals surface area contributed by atoms with Crippen LogP contribution < -0.4 is 5.73 Å². The van der Waals surface area contributed by atoms with Crippen molar-refractivity contribution in [2.75, 3.05) is 13.2 Å². The Hall–Kier alpha value is -1.10. The number of hydrogen-bond donors (Lipinski definition) is 1. The van der Waals surface area contributed by atoms with Gasteiger partial charge in [-0.3, -0.25) is 9.59 Å². The highest BCUT2D eigenvalue weighted by molar-refractivity contribution is 5.90. The molecule has 0 aromatic rings. The summed E-state index contributed by atoms with van der Waals surface area (Å²) in [6, 6.07) is 0. The van der Waals surface area contributed by atoms with E-state index in [0.29, 0.717) is 6.61 Å². The van der Waals surface area contributed by atoms with Crippen molar-refractivity contribution < 1.29 is 19.1 Å². The van der Waals surface area contributed by atoms with Crippen LogP contribution in [0.2, 0.25) is 0 Å². The van der Waals surface area contributed by atoms with Crippen LogP contribution >= 0.6 is 0 Å². The first-order valence-corrected chi connectivity index (χ1v) is 6.68. The van der Waals surface area contributed by atoms with Crippen molar-refractivity contribution in [2.45, 2.75) is 38.6 Å². The summed E-state index contributed by atoms with van der Waals surface area (Å²) >= 11 is 0. The van der Waals surface area contributed by atoms with Crippen LogP contribution in [0.25, 0.3) is 0 Å². The van der Waals surface area contributed by atoms with Gasteiger partial charge in [0.15, 0.2) is 0 Å². The average molecular weight is 255 g/mol. The summed E-state index contributed by atoms with van der Waals surface area (Å²) in [5, 5.41) is 0. The maximum atomic E-state index is 12.1. The van der Waals surface area contributed by atoms with Crippen LogP contribution in [0, 0.1) is 17.8 Å². The molecule has 2 unspecified atom stereocenters. The third kappa shape index (κ3) is 1.81. The number of fused-ring (bicyclic) bond motifs is 2. The van der Waals surface area contributed by atoms with Crippen LogP contribution in [-0.2, 0) is 19.1 Å². The van der Waals surface area contributed by atoms with Crippen LogP contribution in [0.4, 0.5) is 0 Å². The van der Waals surface area contributed by atoms with Gasteiger partial charge in [-0.25, -0.2) is 0 Å². The Labute approximate surface area is 107 Å². The van der Waals surface area contributed by atoms with E-state index in [1.807, 2.05) is 0 Å². The predicted octanol–water partition coefficient (Wildman–Crippen LogP) is 0.856. The summed E-state index contributed by atoms with van der Waals surface area (Å²) in [6.07, 6.45) is 2.68. The zero-order valence-corrected chi connectivity index (χ0v) is 11.0. The highest BCUT2D eigenvalue weighted by Crippen LogP contribution is 2.54. The second kappa shape index (κ2) is 4.88. The molecule has 0 saturated heterocycles. The number of carbonyl (C=O) groups excluding carboxylic acids is 2. The predicted molar refractivity (Wildman–Crippen MR) is 64.5 cm³/mol. The Kier molecular flexibility index (Phi) is 3.61. The largest absolute Gasteiger partial charge is 0.466 e. The maximum absolute atomic E-state index is 12.1. The van der Waals surface area contributed by atoms with Crippen LogP contribution in [0.1, 0.15) is 33.1 Å². The molecule has 0 radical (unpaired) electrons. The molecule has 102 valence electrons. The fourth-order valence-corrected chi connectivity index (χ4v) is 3.57. The van der Waals surface area contributed by atoms with E-state index in [1.165, 1.54) is 0 Å². The second-order valence-corrected chi connectivity index (χ2v) is 5.15. The molecule has 2 aliphatic carbocycles. The zero-order valence-electron chi connectivity index (χ0n) is 11.0. The van der Waals surface area contributed by atoms with E-state index in [4.69, 9.17) is 15.2 Å². The quantitative estimate of drug-likeness (QED) is 0.754. The lowest BCUT2D eigenvalue weighted by atomic mass is 9.73. The molecule has 0 amide bonds. The van der Waals surface area contributed by atoms with Crippen LogP contribution in [0.15, 0.2) is 0 Å². The molecule has 18 heavy (non-hydrogen) atoms. The minimum absolute atomic E-state index is 0.0518. The van der Waals surface area contributed by atoms with E-state index in [9.17, 15) is 9.59 Å². The van der Waals surface area contributed by atoms with Crippen molar-refractivity contribution in [3.63, 3.8) is 0 Å². The molecule has 0 aromatic heterocycles. The molecule has 2 rings (SSSR count). The number of hydrogen-bond acceptors (Lipinski definition) is 5. The average Bonchev–Trinajstić information content (AvgIpc) is 2.89. The Morgan fingerprint density at radius 1 is 1.22 bits per heavy atom. The maximum Gasteiger partial charge on any atom is 0.327 e. The highest BCUT2D eigenvalue weighted by Gasteiger charge is 2.64. The van der Waals surface area contributed by atoms with Gasteiger partial charge in [-0.2, -0.15) is 0 Å². The first-order chi connectivity index (χ1) is 8.55. The number of nitrogens with two attached hydrogens (primary N) is 1. The van der Waals surface area contributed by atoms with Crippen molar-refractivity contribution in [2.24, 2.45) is 23.5 Å². The normalized spacial score (nSPS) is 37.6. The molecule has 4 atom stereocenters. The van der Waals surface area contributed by atoms with Gasteiger partial charge in [0.25, 0.3) is 0 Å². The van der Waals surface area contributed by atoms with Gasteiger partial charge in [0.2, 0.25) is 0 Å². The lowest BCUT2D eigenvalue weighted by Crippen LogP contribution is -2.61.